The molecule has 3 aliphatic carbocycles. The van der Waals surface area contributed by atoms with Gasteiger partial charge in [-0.05, 0) is 39.8 Å². The summed E-state index contributed by atoms with van der Waals surface area (Å²) in [4.78, 5) is 0. The Hall–Kier alpha value is -1.44. The lowest BCUT2D eigenvalue weighted by Crippen LogP contribution is -2.44. The molecule has 0 aliphatic heterocycles. The van der Waals surface area contributed by atoms with Gasteiger partial charge in [0, 0.05) is 5.92 Å². The van der Waals surface area contributed by atoms with Crippen LogP contribution in [-0.4, -0.2) is 0 Å². The summed E-state index contributed by atoms with van der Waals surface area (Å²) >= 11 is 26.8. The van der Waals surface area contributed by atoms with Crippen LogP contribution in [0.15, 0.2) is 60.7 Å². The molecule has 2 bridgehead atoms. The Labute approximate surface area is 184 Å². The zero-order valence-electron chi connectivity index (χ0n) is 15.1. The van der Waals surface area contributed by atoms with E-state index in [1.807, 2.05) is 0 Å². The molecule has 0 unspecified atom stereocenters. The first-order chi connectivity index (χ1) is 13.5. The molecule has 0 amide bonds. The van der Waals surface area contributed by atoms with E-state index in [2.05, 4.69) is 62.0 Å². The van der Waals surface area contributed by atoms with E-state index in [1.54, 1.807) is 0 Å². The second-order valence-electron chi connectivity index (χ2n) is 7.36. The summed E-state index contributed by atoms with van der Waals surface area (Å²) in [5, 5.41) is 1.56. The first-order valence-corrected chi connectivity index (χ1v) is 10.7. The molecule has 4 heteroatoms. The molecule has 0 aromatic heterocycles. The minimum Gasteiger partial charge on any atom is -0.0983 e. The molecule has 6 rings (SSSR count). The normalized spacial score (nSPS) is 21.1. The van der Waals surface area contributed by atoms with Gasteiger partial charge in [-0.3, -0.25) is 0 Å². The zero-order chi connectivity index (χ0) is 19.8. The second-order valence-corrected chi connectivity index (χ2v) is 8.87. The SMILES string of the molecule is C=C(CC)C12c3ccccc3C(c3ccccc31)c1c(Cl)c(Cl)c(Cl)c(Cl)c12. The van der Waals surface area contributed by atoms with E-state index < -0.39 is 5.41 Å². The maximum Gasteiger partial charge on any atom is 0.0797 e. The summed E-state index contributed by atoms with van der Waals surface area (Å²) < 4.78 is 0. The van der Waals surface area contributed by atoms with Crippen LogP contribution >= 0.6 is 46.4 Å². The standard InChI is InChI=1S/C24H16Cl4/c1-3-12(2)24-15-10-6-4-8-13(15)17(14-9-5-7-11-16(14)24)18-19(24)21(26)23(28)22(27)20(18)25/h4-11,17H,2-3H2,1H3. The minimum atomic E-state index is -0.596. The van der Waals surface area contributed by atoms with Crippen LogP contribution in [0.3, 0.4) is 0 Å². The maximum atomic E-state index is 6.89. The molecule has 0 spiro atoms. The van der Waals surface area contributed by atoms with Gasteiger partial charge in [-0.15, -0.1) is 0 Å². The monoisotopic (exact) mass is 444 g/mol. The van der Waals surface area contributed by atoms with Crippen LogP contribution in [0.25, 0.3) is 0 Å². The summed E-state index contributed by atoms with van der Waals surface area (Å²) in [5.41, 5.74) is 7.20. The summed E-state index contributed by atoms with van der Waals surface area (Å²) in [6, 6.07) is 17.0. The molecule has 28 heavy (non-hydrogen) atoms. The van der Waals surface area contributed by atoms with Crippen molar-refractivity contribution in [3.05, 3.63) is 114 Å². The minimum absolute atomic E-state index is 0.0336. The van der Waals surface area contributed by atoms with E-state index in [1.165, 1.54) is 22.3 Å². The van der Waals surface area contributed by atoms with Crippen LogP contribution in [0.4, 0.5) is 0 Å². The summed E-state index contributed by atoms with van der Waals surface area (Å²) in [7, 11) is 0. The van der Waals surface area contributed by atoms with E-state index in [0.29, 0.717) is 20.1 Å². The van der Waals surface area contributed by atoms with E-state index in [4.69, 9.17) is 46.4 Å². The highest BCUT2D eigenvalue weighted by atomic mass is 35.5. The zero-order valence-corrected chi connectivity index (χ0v) is 18.1. The smallest absolute Gasteiger partial charge is 0.0797 e. The van der Waals surface area contributed by atoms with Gasteiger partial charge in [0.15, 0.2) is 0 Å². The van der Waals surface area contributed by atoms with Crippen LogP contribution in [0, 0.1) is 0 Å². The van der Waals surface area contributed by atoms with Crippen molar-refractivity contribution in [2.24, 2.45) is 0 Å². The van der Waals surface area contributed by atoms with Crippen LogP contribution < -0.4 is 0 Å². The quantitative estimate of drug-likeness (QED) is 0.211. The fraction of sp³-hybridized carbons (Fsp3) is 0.167. The molecular formula is C24H16Cl4. The van der Waals surface area contributed by atoms with Crippen molar-refractivity contribution < 1.29 is 0 Å². The highest BCUT2D eigenvalue weighted by molar-refractivity contribution is 6.52. The van der Waals surface area contributed by atoms with Gasteiger partial charge in [-0.25, -0.2) is 0 Å². The van der Waals surface area contributed by atoms with Gasteiger partial charge in [0.05, 0.1) is 25.5 Å². The third-order valence-corrected chi connectivity index (χ3v) is 8.09. The second kappa shape index (κ2) is 6.28. The lowest BCUT2D eigenvalue weighted by atomic mass is 9.50. The van der Waals surface area contributed by atoms with Gasteiger partial charge in [-0.2, -0.15) is 0 Å². The summed E-state index contributed by atoms with van der Waals surface area (Å²) in [5.74, 6) is -0.0336. The number of hydrogen-bond donors (Lipinski definition) is 0. The largest absolute Gasteiger partial charge is 0.0983 e. The Morgan fingerprint density at radius 3 is 1.86 bits per heavy atom. The van der Waals surface area contributed by atoms with Gasteiger partial charge in [0.2, 0.25) is 0 Å². The van der Waals surface area contributed by atoms with Crippen LogP contribution in [0.2, 0.25) is 20.1 Å². The Morgan fingerprint density at radius 1 is 0.821 bits per heavy atom. The molecule has 0 N–H and O–H groups in total. The van der Waals surface area contributed by atoms with Crippen molar-refractivity contribution >= 4 is 46.4 Å². The fourth-order valence-electron chi connectivity index (χ4n) is 5.18. The van der Waals surface area contributed by atoms with Crippen molar-refractivity contribution in [1.82, 2.24) is 0 Å². The number of halogens is 4. The molecule has 3 aliphatic rings. The molecule has 0 saturated heterocycles. The van der Waals surface area contributed by atoms with Gasteiger partial charge in [-0.1, -0.05) is 114 Å². The molecule has 140 valence electrons. The molecule has 0 heterocycles. The molecule has 0 atom stereocenters. The van der Waals surface area contributed by atoms with Crippen molar-refractivity contribution in [3.63, 3.8) is 0 Å². The lowest BCUT2D eigenvalue weighted by molar-refractivity contribution is 0.604. The molecule has 0 radical (unpaired) electrons. The third kappa shape index (κ3) is 2.00. The van der Waals surface area contributed by atoms with Crippen LogP contribution in [0.1, 0.15) is 52.6 Å². The Kier molecular flexibility index (Phi) is 4.17. The van der Waals surface area contributed by atoms with E-state index in [0.717, 1.165) is 23.1 Å². The van der Waals surface area contributed by atoms with Gasteiger partial charge >= 0.3 is 0 Å². The molecule has 3 aromatic rings. The number of hydrogen-bond acceptors (Lipinski definition) is 0. The number of allylic oxidation sites excluding steroid dienone is 1. The van der Waals surface area contributed by atoms with Crippen molar-refractivity contribution in [1.29, 1.82) is 0 Å². The van der Waals surface area contributed by atoms with E-state index in [-0.39, 0.29) is 5.92 Å². The topological polar surface area (TPSA) is 0 Å². The summed E-state index contributed by atoms with van der Waals surface area (Å²) in [6.45, 7) is 6.63. The molecule has 0 nitrogen and oxygen atoms in total. The van der Waals surface area contributed by atoms with Crippen molar-refractivity contribution in [2.75, 3.05) is 0 Å². The predicted octanol–water partition coefficient (Wildman–Crippen LogP) is 8.41. The van der Waals surface area contributed by atoms with Gasteiger partial charge < -0.3 is 0 Å². The Morgan fingerprint density at radius 2 is 1.32 bits per heavy atom. The van der Waals surface area contributed by atoms with Crippen LogP contribution in [0.5, 0.6) is 0 Å². The number of benzene rings is 3. The maximum absolute atomic E-state index is 6.89. The Balaban J connectivity index is 2.08. The van der Waals surface area contributed by atoms with E-state index in [9.17, 15) is 0 Å². The van der Waals surface area contributed by atoms with Crippen LogP contribution in [-0.2, 0) is 5.41 Å². The van der Waals surface area contributed by atoms with Crippen molar-refractivity contribution in [3.8, 4) is 0 Å². The first kappa shape index (κ1) is 18.6. The highest BCUT2D eigenvalue weighted by Gasteiger charge is 2.55. The number of rotatable bonds is 2. The predicted molar refractivity (Wildman–Crippen MR) is 120 cm³/mol. The van der Waals surface area contributed by atoms with Gasteiger partial charge in [0.1, 0.15) is 0 Å². The molecule has 0 fully saturated rings. The first-order valence-electron chi connectivity index (χ1n) is 9.19. The fourth-order valence-corrected chi connectivity index (χ4v) is 6.30. The van der Waals surface area contributed by atoms with Gasteiger partial charge in [0.25, 0.3) is 0 Å². The Bertz CT molecular complexity index is 1130. The third-order valence-electron chi connectivity index (χ3n) is 6.28. The molecule has 3 aromatic carbocycles. The average Bonchev–Trinajstić information content (AvgIpc) is 2.74. The van der Waals surface area contributed by atoms with E-state index >= 15 is 0 Å². The highest BCUT2D eigenvalue weighted by Crippen LogP contribution is 2.66. The molecule has 0 saturated carbocycles. The average molecular weight is 446 g/mol. The molecular weight excluding hydrogens is 430 g/mol. The van der Waals surface area contributed by atoms with Crippen molar-refractivity contribution in [2.45, 2.75) is 24.7 Å². The lowest BCUT2D eigenvalue weighted by Gasteiger charge is -2.52. The summed E-state index contributed by atoms with van der Waals surface area (Å²) in [6.07, 6.45) is 0.793.